The van der Waals surface area contributed by atoms with E-state index in [1.54, 1.807) is 41.1 Å². The number of nitrogens with one attached hydrogen (secondary N) is 2. The Kier molecular flexibility index (Phi) is 5.77. The van der Waals surface area contributed by atoms with Gasteiger partial charge >= 0.3 is 0 Å². The van der Waals surface area contributed by atoms with Gasteiger partial charge in [0, 0.05) is 17.8 Å². The van der Waals surface area contributed by atoms with E-state index in [9.17, 15) is 17.6 Å². The minimum Gasteiger partial charge on any atom is -0.346 e. The molecule has 9 heteroatoms. The maximum absolute atomic E-state index is 13.3. The van der Waals surface area contributed by atoms with Crippen LogP contribution in [0, 0.1) is 5.82 Å². The lowest BCUT2D eigenvalue weighted by Gasteiger charge is -2.14. The molecule has 1 aliphatic rings. The van der Waals surface area contributed by atoms with Gasteiger partial charge in [0.1, 0.15) is 5.82 Å². The van der Waals surface area contributed by atoms with E-state index < -0.39 is 10.0 Å². The fraction of sp³-hybridized carbons (Fsp3) is 0.273. The molecule has 0 atom stereocenters. The summed E-state index contributed by atoms with van der Waals surface area (Å²) in [6.45, 7) is 0.149. The molecule has 1 aromatic heterocycles. The molecular weight excluding hydrogens is 419 g/mol. The highest BCUT2D eigenvalue weighted by atomic mass is 32.2. The number of rotatable bonds is 6. The van der Waals surface area contributed by atoms with E-state index in [-0.39, 0.29) is 18.3 Å². The zero-order valence-corrected chi connectivity index (χ0v) is 17.9. The van der Waals surface area contributed by atoms with Crippen LogP contribution in [0.15, 0.2) is 48.5 Å². The summed E-state index contributed by atoms with van der Waals surface area (Å²) in [6, 6.07) is 12.9. The number of benzene rings is 2. The third kappa shape index (κ3) is 4.77. The number of fused-ring (bicyclic) bond motifs is 1. The molecule has 0 bridgehead atoms. The molecular formula is C22H23FN4O3S. The fourth-order valence-electron chi connectivity index (χ4n) is 3.81. The molecule has 31 heavy (non-hydrogen) atoms. The molecule has 7 nitrogen and oxygen atoms in total. The number of amides is 1. The van der Waals surface area contributed by atoms with Crippen molar-refractivity contribution in [2.24, 2.45) is 0 Å². The first kappa shape index (κ1) is 21.0. The fourth-order valence-corrected chi connectivity index (χ4v) is 4.41. The Balaban J connectivity index is 1.59. The number of halogens is 1. The smallest absolute Gasteiger partial charge is 0.272 e. The minimum atomic E-state index is -3.44. The highest BCUT2D eigenvalue weighted by Crippen LogP contribution is 2.27. The first-order valence-corrected chi connectivity index (χ1v) is 11.9. The average molecular weight is 443 g/mol. The Morgan fingerprint density at radius 2 is 1.81 bits per heavy atom. The van der Waals surface area contributed by atoms with Gasteiger partial charge in [0.15, 0.2) is 5.69 Å². The second-order valence-corrected chi connectivity index (χ2v) is 9.33. The van der Waals surface area contributed by atoms with Crippen molar-refractivity contribution in [3.05, 3.63) is 76.9 Å². The average Bonchev–Trinajstić information content (AvgIpc) is 3.12. The normalized spacial score (nSPS) is 13.5. The predicted octanol–water partition coefficient (Wildman–Crippen LogP) is 3.19. The molecule has 0 spiro atoms. The van der Waals surface area contributed by atoms with Crippen molar-refractivity contribution in [3.63, 3.8) is 0 Å². The number of anilines is 1. The molecule has 0 fully saturated rings. The van der Waals surface area contributed by atoms with Crippen molar-refractivity contribution in [1.82, 2.24) is 15.1 Å². The molecule has 162 valence electrons. The molecule has 0 saturated carbocycles. The van der Waals surface area contributed by atoms with Crippen molar-refractivity contribution in [2.45, 2.75) is 32.2 Å². The molecule has 1 aliphatic carbocycles. The van der Waals surface area contributed by atoms with E-state index in [1.807, 2.05) is 0 Å². The van der Waals surface area contributed by atoms with E-state index >= 15 is 0 Å². The topological polar surface area (TPSA) is 93.1 Å². The van der Waals surface area contributed by atoms with Gasteiger partial charge in [-0.05, 0) is 61.6 Å². The highest BCUT2D eigenvalue weighted by Gasteiger charge is 2.25. The number of carbonyl (C=O) groups is 1. The van der Waals surface area contributed by atoms with Gasteiger partial charge in [0.05, 0.1) is 17.6 Å². The number of para-hydroxylation sites is 1. The van der Waals surface area contributed by atoms with Gasteiger partial charge in [0.2, 0.25) is 10.0 Å². The lowest BCUT2D eigenvalue weighted by Crippen LogP contribution is -2.25. The molecule has 1 heterocycles. The summed E-state index contributed by atoms with van der Waals surface area (Å²) >= 11 is 0. The van der Waals surface area contributed by atoms with Gasteiger partial charge in [-0.25, -0.2) is 17.5 Å². The highest BCUT2D eigenvalue weighted by molar-refractivity contribution is 7.92. The maximum Gasteiger partial charge on any atom is 0.272 e. The summed E-state index contributed by atoms with van der Waals surface area (Å²) in [5.41, 5.74) is 4.02. The molecule has 4 rings (SSSR count). The number of hydrogen-bond acceptors (Lipinski definition) is 4. The molecule has 3 aromatic rings. The van der Waals surface area contributed by atoms with E-state index in [4.69, 9.17) is 0 Å². The molecule has 2 N–H and O–H groups in total. The maximum atomic E-state index is 13.3. The second kappa shape index (κ2) is 8.50. The lowest BCUT2D eigenvalue weighted by molar-refractivity contribution is 0.0944. The van der Waals surface area contributed by atoms with Crippen molar-refractivity contribution in [1.29, 1.82) is 0 Å². The van der Waals surface area contributed by atoms with Gasteiger partial charge in [-0.3, -0.25) is 9.52 Å². The number of aromatic nitrogens is 2. The zero-order chi connectivity index (χ0) is 22.0. The summed E-state index contributed by atoms with van der Waals surface area (Å²) in [7, 11) is -3.44. The third-order valence-corrected chi connectivity index (χ3v) is 5.81. The number of nitrogens with zero attached hydrogens (tertiary/aromatic N) is 2. The lowest BCUT2D eigenvalue weighted by atomic mass is 9.95. The van der Waals surface area contributed by atoms with Crippen LogP contribution in [0.2, 0.25) is 0 Å². The number of carbonyl (C=O) groups excluding carboxylic acids is 1. The quantitative estimate of drug-likeness (QED) is 0.613. The van der Waals surface area contributed by atoms with Gasteiger partial charge in [-0.2, -0.15) is 5.10 Å². The Morgan fingerprint density at radius 3 is 2.55 bits per heavy atom. The summed E-state index contributed by atoms with van der Waals surface area (Å²) in [5, 5.41) is 7.41. The van der Waals surface area contributed by atoms with Crippen molar-refractivity contribution < 1.29 is 17.6 Å². The Hall–Kier alpha value is -3.20. The Labute approximate surface area is 180 Å². The molecule has 1 amide bonds. The van der Waals surface area contributed by atoms with Crippen molar-refractivity contribution >= 4 is 21.6 Å². The van der Waals surface area contributed by atoms with Gasteiger partial charge in [-0.1, -0.05) is 18.2 Å². The Morgan fingerprint density at radius 1 is 1.10 bits per heavy atom. The first-order valence-electron chi connectivity index (χ1n) is 10.0. The molecule has 0 radical (unpaired) electrons. The van der Waals surface area contributed by atoms with Crippen LogP contribution in [-0.2, 0) is 29.4 Å². The second-order valence-electron chi connectivity index (χ2n) is 7.58. The summed E-state index contributed by atoms with van der Waals surface area (Å²) < 4.78 is 40.7. The van der Waals surface area contributed by atoms with Gasteiger partial charge < -0.3 is 5.32 Å². The van der Waals surface area contributed by atoms with Crippen LogP contribution in [-0.4, -0.2) is 30.4 Å². The van der Waals surface area contributed by atoms with Crippen LogP contribution in [0.1, 0.15) is 40.2 Å². The summed E-state index contributed by atoms with van der Waals surface area (Å²) in [4.78, 5) is 13.0. The Bertz CT molecular complexity index is 1220. The number of hydrogen-bond donors (Lipinski definition) is 2. The monoisotopic (exact) mass is 442 g/mol. The van der Waals surface area contributed by atoms with Crippen LogP contribution in [0.3, 0.4) is 0 Å². The minimum absolute atomic E-state index is 0.149. The standard InChI is InChI=1S/C22H23FN4O3S/c1-31(29,30)26-19-8-4-2-6-15(19)14-24-22(28)21-18-7-3-5-9-20(18)27(25-21)17-12-10-16(23)11-13-17/h2,4,6,8,10-13,26H,3,5,7,9,14H2,1H3,(H,24,28). The number of sulfonamides is 1. The van der Waals surface area contributed by atoms with E-state index in [2.05, 4.69) is 15.1 Å². The predicted molar refractivity (Wildman–Crippen MR) is 116 cm³/mol. The SMILES string of the molecule is CS(=O)(=O)Nc1ccccc1CNC(=O)c1nn(-c2ccc(F)cc2)c2c1CCCC2. The van der Waals surface area contributed by atoms with Gasteiger partial charge in [0.25, 0.3) is 5.91 Å². The van der Waals surface area contributed by atoms with Crippen LogP contribution >= 0.6 is 0 Å². The van der Waals surface area contributed by atoms with Gasteiger partial charge in [-0.15, -0.1) is 0 Å². The van der Waals surface area contributed by atoms with Crippen LogP contribution < -0.4 is 10.0 Å². The molecule has 2 aromatic carbocycles. The third-order valence-electron chi connectivity index (χ3n) is 5.22. The zero-order valence-electron chi connectivity index (χ0n) is 17.1. The van der Waals surface area contributed by atoms with Crippen LogP contribution in [0.5, 0.6) is 0 Å². The summed E-state index contributed by atoms with van der Waals surface area (Å²) in [5.74, 6) is -0.655. The van der Waals surface area contributed by atoms with Crippen LogP contribution in [0.25, 0.3) is 5.69 Å². The molecule has 0 saturated heterocycles. The van der Waals surface area contributed by atoms with E-state index in [0.717, 1.165) is 43.2 Å². The van der Waals surface area contributed by atoms with Crippen LogP contribution in [0.4, 0.5) is 10.1 Å². The van der Waals surface area contributed by atoms with E-state index in [0.29, 0.717) is 22.6 Å². The van der Waals surface area contributed by atoms with Crippen molar-refractivity contribution in [2.75, 3.05) is 11.0 Å². The largest absolute Gasteiger partial charge is 0.346 e. The first-order chi connectivity index (χ1) is 14.8. The molecule has 0 unspecified atom stereocenters. The van der Waals surface area contributed by atoms with Crippen molar-refractivity contribution in [3.8, 4) is 5.69 Å². The summed E-state index contributed by atoms with van der Waals surface area (Å²) in [6.07, 6.45) is 4.62. The van der Waals surface area contributed by atoms with E-state index in [1.165, 1.54) is 12.1 Å². The molecule has 0 aliphatic heterocycles.